The van der Waals surface area contributed by atoms with Crippen LogP contribution in [0.5, 0.6) is 0 Å². The molecule has 1 aromatic rings. The molecule has 0 fully saturated rings. The maximum Gasteiger partial charge on any atom is 0.328 e. The van der Waals surface area contributed by atoms with Crippen LogP contribution in [0.4, 0.5) is 0 Å². The number of Topliss-reactive ketones (excluding diaryl/α,β-unsaturated/α-hetero) is 2. The van der Waals surface area contributed by atoms with Gasteiger partial charge in [0, 0.05) is 36.8 Å². The molecule has 0 bridgehead atoms. The first kappa shape index (κ1) is 23.7. The van der Waals surface area contributed by atoms with Crippen LogP contribution in [0.2, 0.25) is 0 Å². The minimum Gasteiger partial charge on any atom is -0.478 e. The second-order valence-electron chi connectivity index (χ2n) is 6.72. The van der Waals surface area contributed by atoms with Gasteiger partial charge in [0.2, 0.25) is 11.8 Å². The number of hydrogen-bond acceptors (Lipinski definition) is 5. The van der Waals surface area contributed by atoms with Crippen LogP contribution >= 0.6 is 0 Å². The van der Waals surface area contributed by atoms with E-state index in [2.05, 4.69) is 5.32 Å². The number of carboxylic acid groups (broad SMARTS) is 1. The summed E-state index contributed by atoms with van der Waals surface area (Å²) in [4.78, 5) is 58.1. The third kappa shape index (κ3) is 8.50. The maximum atomic E-state index is 12.2. The monoisotopic (exact) mass is 402 g/mol. The predicted octanol–water partition coefficient (Wildman–Crippen LogP) is 1.72. The van der Waals surface area contributed by atoms with Gasteiger partial charge >= 0.3 is 5.97 Å². The summed E-state index contributed by atoms with van der Waals surface area (Å²) in [5, 5.41) is 11.2. The molecule has 1 unspecified atom stereocenters. The van der Waals surface area contributed by atoms with Gasteiger partial charge in [-0.3, -0.25) is 19.2 Å². The van der Waals surface area contributed by atoms with Gasteiger partial charge in [-0.2, -0.15) is 0 Å². The van der Waals surface area contributed by atoms with Gasteiger partial charge in [0.1, 0.15) is 0 Å². The van der Waals surface area contributed by atoms with Crippen LogP contribution in [0.15, 0.2) is 30.3 Å². The van der Waals surface area contributed by atoms with Crippen molar-refractivity contribution in [3.8, 4) is 0 Å². The second-order valence-corrected chi connectivity index (χ2v) is 6.72. The standard InChI is InChI=1S/C21H26N2O6/c1-3-16(18(25)12-13(2)21(22)29)23-19(26)10-9-17(24)15-7-4-14(5-8-15)6-11-20(27)28/h4-8,11,13,16H,3,9-10,12H2,1-2H3,(H2,22,29)(H,23,26)(H,27,28)/b11-6+/t13?,16-/m0/s1. The molecule has 4 N–H and O–H groups in total. The lowest BCUT2D eigenvalue weighted by molar-refractivity contribution is -0.131. The third-order valence-electron chi connectivity index (χ3n) is 4.36. The molecule has 1 aromatic carbocycles. The van der Waals surface area contributed by atoms with E-state index in [1.807, 2.05) is 0 Å². The highest BCUT2D eigenvalue weighted by molar-refractivity contribution is 5.99. The molecule has 0 aliphatic heterocycles. The van der Waals surface area contributed by atoms with Crippen molar-refractivity contribution in [3.63, 3.8) is 0 Å². The van der Waals surface area contributed by atoms with E-state index in [1.54, 1.807) is 38.1 Å². The van der Waals surface area contributed by atoms with E-state index in [-0.39, 0.29) is 30.8 Å². The number of carbonyl (C=O) groups excluding carboxylic acids is 4. The van der Waals surface area contributed by atoms with Crippen LogP contribution in [-0.4, -0.2) is 40.5 Å². The van der Waals surface area contributed by atoms with Crippen molar-refractivity contribution in [2.75, 3.05) is 0 Å². The van der Waals surface area contributed by atoms with E-state index in [1.165, 1.54) is 6.08 Å². The van der Waals surface area contributed by atoms with Crippen molar-refractivity contribution in [2.24, 2.45) is 11.7 Å². The van der Waals surface area contributed by atoms with E-state index in [0.717, 1.165) is 6.08 Å². The molecule has 0 aliphatic rings. The van der Waals surface area contributed by atoms with Gasteiger partial charge in [-0.1, -0.05) is 38.1 Å². The van der Waals surface area contributed by atoms with Crippen molar-refractivity contribution < 1.29 is 29.1 Å². The van der Waals surface area contributed by atoms with Crippen molar-refractivity contribution in [3.05, 3.63) is 41.5 Å². The molecule has 0 spiro atoms. The number of nitrogens with one attached hydrogen (secondary N) is 1. The Morgan fingerprint density at radius 1 is 1.10 bits per heavy atom. The van der Waals surface area contributed by atoms with Crippen molar-refractivity contribution in [1.29, 1.82) is 0 Å². The van der Waals surface area contributed by atoms with Crippen LogP contribution in [0.25, 0.3) is 6.08 Å². The van der Waals surface area contributed by atoms with E-state index in [0.29, 0.717) is 17.5 Å². The number of benzene rings is 1. The quantitative estimate of drug-likeness (QED) is 0.359. The normalized spacial score (nSPS) is 12.9. The molecular formula is C21H26N2O6. The molecule has 0 heterocycles. The Balaban J connectivity index is 2.55. The molecular weight excluding hydrogens is 376 g/mol. The first-order chi connectivity index (χ1) is 13.6. The third-order valence-corrected chi connectivity index (χ3v) is 4.36. The van der Waals surface area contributed by atoms with Gasteiger partial charge in [-0.25, -0.2) is 4.79 Å². The van der Waals surface area contributed by atoms with Gasteiger partial charge in [0.05, 0.1) is 6.04 Å². The highest BCUT2D eigenvalue weighted by Gasteiger charge is 2.23. The molecule has 0 saturated heterocycles. The Bertz CT molecular complexity index is 798. The summed E-state index contributed by atoms with van der Waals surface area (Å²) in [5.74, 6) is -3.19. The summed E-state index contributed by atoms with van der Waals surface area (Å²) in [6.45, 7) is 3.29. The molecule has 29 heavy (non-hydrogen) atoms. The summed E-state index contributed by atoms with van der Waals surface area (Å²) in [7, 11) is 0. The first-order valence-electron chi connectivity index (χ1n) is 9.29. The van der Waals surface area contributed by atoms with Gasteiger partial charge in [0.25, 0.3) is 0 Å². The molecule has 2 atom stereocenters. The molecule has 0 radical (unpaired) electrons. The molecule has 0 saturated carbocycles. The van der Waals surface area contributed by atoms with Gasteiger partial charge in [-0.05, 0) is 18.1 Å². The van der Waals surface area contributed by atoms with Crippen LogP contribution < -0.4 is 11.1 Å². The number of rotatable bonds is 12. The minimum atomic E-state index is -1.07. The summed E-state index contributed by atoms with van der Waals surface area (Å²) >= 11 is 0. The fraction of sp³-hybridized carbons (Fsp3) is 0.381. The maximum absolute atomic E-state index is 12.2. The highest BCUT2D eigenvalue weighted by atomic mass is 16.4. The zero-order chi connectivity index (χ0) is 22.0. The summed E-state index contributed by atoms with van der Waals surface area (Å²) < 4.78 is 0. The second kappa shape index (κ2) is 11.5. The molecule has 2 amide bonds. The number of amides is 2. The number of primary amides is 1. The SMILES string of the molecule is CC[C@H](NC(=O)CCC(=O)c1ccc(/C=C/C(=O)O)cc1)C(=O)CC(C)C(N)=O. The average molecular weight is 402 g/mol. The smallest absolute Gasteiger partial charge is 0.328 e. The summed E-state index contributed by atoms with van der Waals surface area (Å²) in [5.41, 5.74) is 6.20. The lowest BCUT2D eigenvalue weighted by atomic mass is 9.98. The Labute approximate surface area is 169 Å². The molecule has 156 valence electrons. The summed E-state index contributed by atoms with van der Waals surface area (Å²) in [6.07, 6.45) is 2.62. The van der Waals surface area contributed by atoms with Crippen LogP contribution in [0.3, 0.4) is 0 Å². The number of carboxylic acids is 1. The zero-order valence-corrected chi connectivity index (χ0v) is 16.5. The van der Waals surface area contributed by atoms with Crippen LogP contribution in [-0.2, 0) is 19.2 Å². The summed E-state index contributed by atoms with van der Waals surface area (Å²) in [6, 6.07) is 5.62. The Morgan fingerprint density at radius 3 is 2.24 bits per heavy atom. The fourth-order valence-corrected chi connectivity index (χ4v) is 2.54. The zero-order valence-electron chi connectivity index (χ0n) is 16.5. The van der Waals surface area contributed by atoms with Crippen LogP contribution in [0, 0.1) is 5.92 Å². The Kier molecular flexibility index (Phi) is 9.44. The van der Waals surface area contributed by atoms with Gasteiger partial charge < -0.3 is 16.2 Å². The predicted molar refractivity (Wildman–Crippen MR) is 107 cm³/mol. The largest absolute Gasteiger partial charge is 0.478 e. The number of nitrogens with two attached hydrogens (primary N) is 1. The highest BCUT2D eigenvalue weighted by Crippen LogP contribution is 2.11. The Morgan fingerprint density at radius 2 is 1.72 bits per heavy atom. The molecule has 0 aliphatic carbocycles. The van der Waals surface area contributed by atoms with E-state index >= 15 is 0 Å². The van der Waals surface area contributed by atoms with Gasteiger partial charge in [0.15, 0.2) is 11.6 Å². The Hall–Kier alpha value is -3.29. The van der Waals surface area contributed by atoms with Crippen LogP contribution in [0.1, 0.15) is 55.5 Å². The fourth-order valence-electron chi connectivity index (χ4n) is 2.54. The van der Waals surface area contributed by atoms with E-state index in [9.17, 15) is 24.0 Å². The lowest BCUT2D eigenvalue weighted by Gasteiger charge is -2.17. The van der Waals surface area contributed by atoms with Crippen molar-refractivity contribution in [1.82, 2.24) is 5.32 Å². The van der Waals surface area contributed by atoms with Crippen molar-refractivity contribution in [2.45, 2.75) is 45.6 Å². The average Bonchev–Trinajstić information content (AvgIpc) is 2.68. The number of carbonyl (C=O) groups is 5. The minimum absolute atomic E-state index is 0.0293. The molecule has 8 heteroatoms. The van der Waals surface area contributed by atoms with Crippen molar-refractivity contribution >= 4 is 35.4 Å². The lowest BCUT2D eigenvalue weighted by Crippen LogP contribution is -2.41. The first-order valence-corrected chi connectivity index (χ1v) is 9.29. The molecule has 0 aromatic heterocycles. The van der Waals surface area contributed by atoms with E-state index in [4.69, 9.17) is 10.8 Å². The topological polar surface area (TPSA) is 144 Å². The molecule has 8 nitrogen and oxygen atoms in total. The number of ketones is 2. The molecule has 1 rings (SSSR count). The number of aliphatic carboxylic acids is 1. The van der Waals surface area contributed by atoms with Gasteiger partial charge in [-0.15, -0.1) is 0 Å². The number of hydrogen-bond donors (Lipinski definition) is 3. The van der Waals surface area contributed by atoms with E-state index < -0.39 is 29.7 Å².